The van der Waals surface area contributed by atoms with Crippen molar-refractivity contribution >= 4 is 17.6 Å². The third-order valence-corrected chi connectivity index (χ3v) is 4.23. The zero-order valence-electron chi connectivity index (χ0n) is 11.4. The minimum absolute atomic E-state index is 0.0632. The summed E-state index contributed by atoms with van der Waals surface area (Å²) in [5.41, 5.74) is 5.83. The van der Waals surface area contributed by atoms with E-state index in [4.69, 9.17) is 20.7 Å². The second kappa shape index (κ2) is 7.23. The Morgan fingerprint density at radius 2 is 2.29 bits per heavy atom. The molecule has 1 aliphatic rings. The van der Waals surface area contributed by atoms with Crippen molar-refractivity contribution in [2.45, 2.75) is 30.6 Å². The van der Waals surface area contributed by atoms with E-state index in [0.717, 1.165) is 0 Å². The highest BCUT2D eigenvalue weighted by Gasteiger charge is 2.35. The summed E-state index contributed by atoms with van der Waals surface area (Å²) in [6.07, 6.45) is -0.422. The molecule has 1 aromatic heterocycles. The highest BCUT2D eigenvalue weighted by Crippen LogP contribution is 2.28. The first-order valence-electron chi connectivity index (χ1n) is 6.57. The molecule has 1 aliphatic heterocycles. The van der Waals surface area contributed by atoms with Crippen molar-refractivity contribution in [1.82, 2.24) is 9.55 Å². The first-order chi connectivity index (χ1) is 10.1. The molecule has 0 aromatic carbocycles. The Morgan fingerprint density at radius 1 is 1.52 bits per heavy atom. The van der Waals surface area contributed by atoms with Gasteiger partial charge in [0.25, 0.3) is 0 Å². The van der Waals surface area contributed by atoms with Crippen molar-refractivity contribution in [1.29, 1.82) is 0 Å². The molecule has 1 saturated heterocycles. The lowest BCUT2D eigenvalue weighted by atomic mass is 10.2. The minimum atomic E-state index is -0.823. The largest absolute Gasteiger partial charge is 0.396 e. The molecule has 21 heavy (non-hydrogen) atoms. The van der Waals surface area contributed by atoms with Crippen LogP contribution in [0.25, 0.3) is 0 Å². The van der Waals surface area contributed by atoms with Crippen molar-refractivity contribution in [2.75, 3.05) is 24.7 Å². The quantitative estimate of drug-likeness (QED) is 0.476. The Hall–Kier alpha value is -1.13. The predicted octanol–water partition coefficient (Wildman–Crippen LogP) is -1.31. The molecule has 2 heterocycles. The standard InChI is InChI=1S/C12H19N3O5S/c13-11-7(6-21-2-1-16)4-15(12(19)14-11)10-3-8(18)9(5-17)20-10/h4,8-10,16-18H,1-3,5-6H2,(H2,13,14,19)/t8-,9+,10+/m0/s1. The number of hydrogen-bond acceptors (Lipinski definition) is 8. The van der Waals surface area contributed by atoms with Crippen LogP contribution in [0, 0.1) is 0 Å². The lowest BCUT2D eigenvalue weighted by Gasteiger charge is -2.16. The summed E-state index contributed by atoms with van der Waals surface area (Å²) in [5.74, 6) is 1.22. The molecule has 9 heteroatoms. The smallest absolute Gasteiger partial charge is 0.351 e. The molecule has 5 N–H and O–H groups in total. The number of rotatable bonds is 6. The van der Waals surface area contributed by atoms with Crippen LogP contribution in [-0.2, 0) is 10.5 Å². The Balaban J connectivity index is 2.19. The lowest BCUT2D eigenvalue weighted by Crippen LogP contribution is -2.29. The number of ether oxygens (including phenoxy) is 1. The van der Waals surface area contributed by atoms with Gasteiger partial charge in [-0.3, -0.25) is 4.57 Å². The van der Waals surface area contributed by atoms with Gasteiger partial charge in [-0.2, -0.15) is 16.7 Å². The second-order valence-electron chi connectivity index (χ2n) is 4.73. The van der Waals surface area contributed by atoms with Gasteiger partial charge in [0.2, 0.25) is 0 Å². The summed E-state index contributed by atoms with van der Waals surface area (Å²) in [5, 5.41) is 27.6. The summed E-state index contributed by atoms with van der Waals surface area (Å²) in [7, 11) is 0. The molecule has 118 valence electrons. The van der Waals surface area contributed by atoms with Crippen molar-refractivity contribution in [2.24, 2.45) is 0 Å². The number of aliphatic hydroxyl groups is 3. The maximum Gasteiger partial charge on any atom is 0.351 e. The topological polar surface area (TPSA) is 131 Å². The maximum atomic E-state index is 11.9. The van der Waals surface area contributed by atoms with Crippen LogP contribution in [0.1, 0.15) is 18.2 Å². The molecule has 0 saturated carbocycles. The van der Waals surface area contributed by atoms with E-state index in [0.29, 0.717) is 17.1 Å². The van der Waals surface area contributed by atoms with Gasteiger partial charge in [-0.1, -0.05) is 0 Å². The Morgan fingerprint density at radius 3 is 2.90 bits per heavy atom. The van der Waals surface area contributed by atoms with Crippen LogP contribution in [0.15, 0.2) is 11.0 Å². The molecule has 0 aliphatic carbocycles. The van der Waals surface area contributed by atoms with Crippen molar-refractivity contribution < 1.29 is 20.1 Å². The molecule has 0 unspecified atom stereocenters. The first kappa shape index (κ1) is 16.2. The molecule has 0 radical (unpaired) electrons. The van der Waals surface area contributed by atoms with Gasteiger partial charge >= 0.3 is 5.69 Å². The van der Waals surface area contributed by atoms with Gasteiger partial charge in [-0.25, -0.2) is 4.79 Å². The average molecular weight is 317 g/mol. The second-order valence-corrected chi connectivity index (χ2v) is 5.84. The van der Waals surface area contributed by atoms with Crippen LogP contribution in [0.5, 0.6) is 0 Å². The fraction of sp³-hybridized carbons (Fsp3) is 0.667. The van der Waals surface area contributed by atoms with Gasteiger partial charge in [0.1, 0.15) is 18.1 Å². The maximum absolute atomic E-state index is 11.9. The zero-order valence-corrected chi connectivity index (χ0v) is 12.2. The van der Waals surface area contributed by atoms with Crippen LogP contribution in [0.2, 0.25) is 0 Å². The molecule has 8 nitrogen and oxygen atoms in total. The number of nitrogens with two attached hydrogens (primary N) is 1. The molecule has 3 atom stereocenters. The zero-order chi connectivity index (χ0) is 15.4. The summed E-state index contributed by atoms with van der Waals surface area (Å²) in [4.78, 5) is 15.7. The number of aliphatic hydroxyl groups excluding tert-OH is 3. The van der Waals surface area contributed by atoms with Gasteiger partial charge < -0.3 is 25.8 Å². The number of nitrogen functional groups attached to an aromatic ring is 1. The van der Waals surface area contributed by atoms with Gasteiger partial charge in [-0.05, 0) is 0 Å². The lowest BCUT2D eigenvalue weighted by molar-refractivity contribution is -0.0459. The van der Waals surface area contributed by atoms with E-state index in [1.807, 2.05) is 0 Å². The number of aromatic nitrogens is 2. The number of thioether (sulfide) groups is 1. The Kier molecular flexibility index (Phi) is 5.59. The third-order valence-electron chi connectivity index (χ3n) is 3.25. The van der Waals surface area contributed by atoms with Gasteiger partial charge in [0.15, 0.2) is 0 Å². The first-order valence-corrected chi connectivity index (χ1v) is 7.72. The fourth-order valence-corrected chi connectivity index (χ4v) is 2.85. The number of anilines is 1. The molecule has 0 spiro atoms. The molecular formula is C12H19N3O5S. The third kappa shape index (κ3) is 3.74. The normalized spacial score (nSPS) is 25.4. The Labute approximate surface area is 125 Å². The average Bonchev–Trinajstić information content (AvgIpc) is 2.82. The SMILES string of the molecule is Nc1nc(=O)n([C@H]2C[C@H](O)[C@@H](CO)O2)cc1CSCCO. The predicted molar refractivity (Wildman–Crippen MR) is 77.8 cm³/mol. The van der Waals surface area contributed by atoms with Crippen LogP contribution >= 0.6 is 11.8 Å². The summed E-state index contributed by atoms with van der Waals surface area (Å²) in [6, 6.07) is 0. The van der Waals surface area contributed by atoms with E-state index in [2.05, 4.69) is 4.98 Å². The van der Waals surface area contributed by atoms with E-state index in [1.54, 1.807) is 6.20 Å². The molecule has 0 bridgehead atoms. The number of hydrogen-bond donors (Lipinski definition) is 4. The van der Waals surface area contributed by atoms with Crippen molar-refractivity contribution in [3.8, 4) is 0 Å². The van der Waals surface area contributed by atoms with E-state index in [1.165, 1.54) is 16.3 Å². The van der Waals surface area contributed by atoms with E-state index < -0.39 is 24.1 Å². The van der Waals surface area contributed by atoms with E-state index in [-0.39, 0.29) is 25.5 Å². The van der Waals surface area contributed by atoms with Crippen LogP contribution in [-0.4, -0.2) is 56.0 Å². The van der Waals surface area contributed by atoms with Gasteiger partial charge in [0, 0.05) is 29.7 Å². The van der Waals surface area contributed by atoms with Crippen molar-refractivity contribution in [3.63, 3.8) is 0 Å². The monoisotopic (exact) mass is 317 g/mol. The summed E-state index contributed by atoms with van der Waals surface area (Å²) in [6.45, 7) is -0.248. The van der Waals surface area contributed by atoms with Gasteiger partial charge in [-0.15, -0.1) is 0 Å². The Bertz CT molecular complexity index is 538. The number of nitrogens with zero attached hydrogens (tertiary/aromatic N) is 2. The molecule has 2 rings (SSSR count). The van der Waals surface area contributed by atoms with Crippen LogP contribution in [0.3, 0.4) is 0 Å². The molecule has 1 fully saturated rings. The molecule has 1 aromatic rings. The van der Waals surface area contributed by atoms with E-state index in [9.17, 15) is 9.90 Å². The van der Waals surface area contributed by atoms with Crippen LogP contribution in [0.4, 0.5) is 5.82 Å². The highest BCUT2D eigenvalue weighted by molar-refractivity contribution is 7.98. The summed E-state index contributed by atoms with van der Waals surface area (Å²) < 4.78 is 6.73. The van der Waals surface area contributed by atoms with E-state index >= 15 is 0 Å². The summed E-state index contributed by atoms with van der Waals surface area (Å²) >= 11 is 1.47. The highest BCUT2D eigenvalue weighted by atomic mass is 32.2. The molecular weight excluding hydrogens is 298 g/mol. The van der Waals surface area contributed by atoms with Gasteiger partial charge in [0.05, 0.1) is 19.3 Å². The fourth-order valence-electron chi connectivity index (χ4n) is 2.14. The van der Waals surface area contributed by atoms with Crippen molar-refractivity contribution in [3.05, 3.63) is 22.2 Å². The van der Waals surface area contributed by atoms with Crippen LogP contribution < -0.4 is 11.4 Å². The molecule has 0 amide bonds. The minimum Gasteiger partial charge on any atom is -0.396 e.